The molecule has 0 amide bonds. The highest BCUT2D eigenvalue weighted by Crippen LogP contribution is 2.29. The largest absolute Gasteiger partial charge is 0.332 e. The molecule has 0 saturated heterocycles. The van der Waals surface area contributed by atoms with Gasteiger partial charge in [-0.1, -0.05) is 48.6 Å². The summed E-state index contributed by atoms with van der Waals surface area (Å²) in [5, 5.41) is 6.43. The van der Waals surface area contributed by atoms with Crippen molar-refractivity contribution in [3.63, 3.8) is 0 Å². The second kappa shape index (κ2) is 7.62. The summed E-state index contributed by atoms with van der Waals surface area (Å²) < 4.78 is 4.46. The molecule has 1 aromatic carbocycles. The van der Waals surface area contributed by atoms with Gasteiger partial charge in [-0.25, -0.2) is 9.80 Å². The first-order valence-corrected chi connectivity index (χ1v) is 9.81. The molecule has 0 unspecified atom stereocenters. The molecule has 154 valence electrons. The van der Waals surface area contributed by atoms with Gasteiger partial charge in [-0.15, -0.1) is 6.58 Å². The van der Waals surface area contributed by atoms with Crippen molar-refractivity contribution < 1.29 is 0 Å². The summed E-state index contributed by atoms with van der Waals surface area (Å²) in [5.74, 6) is 0.546. The van der Waals surface area contributed by atoms with Gasteiger partial charge in [0.05, 0.1) is 18.3 Å². The number of aromatic nitrogens is 4. The van der Waals surface area contributed by atoms with E-state index >= 15 is 0 Å². The molecule has 1 aliphatic heterocycles. The van der Waals surface area contributed by atoms with Crippen molar-refractivity contribution in [1.82, 2.24) is 18.7 Å². The number of aryl methyl sites for hydroxylation is 1. The molecule has 8 heteroatoms. The molecule has 0 fully saturated rings. The third kappa shape index (κ3) is 3.10. The van der Waals surface area contributed by atoms with Crippen LogP contribution in [0.1, 0.15) is 25.5 Å². The summed E-state index contributed by atoms with van der Waals surface area (Å²) >= 11 is 0. The molecule has 30 heavy (non-hydrogen) atoms. The summed E-state index contributed by atoms with van der Waals surface area (Å²) in [5.41, 5.74) is 1.92. The first-order chi connectivity index (χ1) is 14.4. The summed E-state index contributed by atoms with van der Waals surface area (Å²) in [6, 6.07) is 9.84. The minimum atomic E-state index is -0.413. The molecule has 0 saturated carbocycles. The monoisotopic (exact) mass is 404 g/mol. The maximum atomic E-state index is 13.2. The number of hydrazone groups is 1. The SMILES string of the molecule is C=CCn1c(=O)c2c(nc3n2[C@H](C)C(C)=NN3C/C=C/c2ccccc2)n(C)c1=O. The van der Waals surface area contributed by atoms with Gasteiger partial charge in [-0.05, 0) is 19.4 Å². The van der Waals surface area contributed by atoms with Crippen LogP contribution in [0.15, 0.2) is 63.8 Å². The smallest absolute Gasteiger partial charge is 0.294 e. The first-order valence-electron chi connectivity index (χ1n) is 9.81. The number of imidazole rings is 1. The van der Waals surface area contributed by atoms with Gasteiger partial charge in [-0.3, -0.25) is 18.5 Å². The number of fused-ring (bicyclic) bond motifs is 3. The Morgan fingerprint density at radius 2 is 1.90 bits per heavy atom. The molecule has 0 radical (unpaired) electrons. The fourth-order valence-electron chi connectivity index (χ4n) is 3.65. The Kier molecular flexibility index (Phi) is 4.99. The zero-order valence-electron chi connectivity index (χ0n) is 17.3. The van der Waals surface area contributed by atoms with E-state index in [0.29, 0.717) is 23.7 Å². The third-order valence-electron chi connectivity index (χ3n) is 5.36. The van der Waals surface area contributed by atoms with Gasteiger partial charge >= 0.3 is 5.69 Å². The number of rotatable bonds is 5. The van der Waals surface area contributed by atoms with Gasteiger partial charge in [0.25, 0.3) is 5.56 Å². The highest BCUT2D eigenvalue weighted by molar-refractivity contribution is 5.91. The second-order valence-corrected chi connectivity index (χ2v) is 7.31. The normalized spacial score (nSPS) is 16.2. The Morgan fingerprint density at radius 1 is 1.17 bits per heavy atom. The van der Waals surface area contributed by atoms with Crippen LogP contribution in [-0.2, 0) is 13.6 Å². The highest BCUT2D eigenvalue weighted by atomic mass is 16.2. The van der Waals surface area contributed by atoms with Crippen LogP contribution in [-0.4, -0.2) is 30.9 Å². The van der Waals surface area contributed by atoms with E-state index in [2.05, 4.69) is 16.7 Å². The van der Waals surface area contributed by atoms with Crippen molar-refractivity contribution in [2.45, 2.75) is 26.4 Å². The molecule has 1 atom stereocenters. The van der Waals surface area contributed by atoms with Gasteiger partial charge in [0.15, 0.2) is 11.2 Å². The Bertz CT molecular complexity index is 1290. The molecule has 2 aromatic heterocycles. The van der Waals surface area contributed by atoms with Crippen LogP contribution in [0.2, 0.25) is 0 Å². The molecular formula is C22H24N6O2. The van der Waals surface area contributed by atoms with Gasteiger partial charge in [0, 0.05) is 13.6 Å². The summed E-state index contributed by atoms with van der Waals surface area (Å²) in [6.45, 7) is 8.19. The molecule has 3 aromatic rings. The van der Waals surface area contributed by atoms with E-state index in [4.69, 9.17) is 0 Å². The Balaban J connectivity index is 1.85. The lowest BCUT2D eigenvalue weighted by atomic mass is 10.2. The fourth-order valence-corrected chi connectivity index (χ4v) is 3.65. The number of anilines is 1. The van der Waals surface area contributed by atoms with Crippen LogP contribution in [0, 0.1) is 0 Å². The minimum Gasteiger partial charge on any atom is -0.294 e. The fraction of sp³-hybridized carbons (Fsp3) is 0.273. The van der Waals surface area contributed by atoms with E-state index in [9.17, 15) is 9.59 Å². The van der Waals surface area contributed by atoms with Gasteiger partial charge in [0.2, 0.25) is 5.95 Å². The number of allylic oxidation sites excluding steroid dienone is 1. The number of hydrogen-bond donors (Lipinski definition) is 0. The van der Waals surface area contributed by atoms with Crippen molar-refractivity contribution in [3.8, 4) is 0 Å². The predicted molar refractivity (Wildman–Crippen MR) is 120 cm³/mol. The molecular weight excluding hydrogens is 380 g/mol. The lowest BCUT2D eigenvalue weighted by molar-refractivity contribution is 0.638. The van der Waals surface area contributed by atoms with Crippen LogP contribution in [0.3, 0.4) is 0 Å². The van der Waals surface area contributed by atoms with Gasteiger partial charge in [0.1, 0.15) is 0 Å². The van der Waals surface area contributed by atoms with Crippen molar-refractivity contribution in [2.75, 3.05) is 11.6 Å². The van der Waals surface area contributed by atoms with E-state index in [-0.39, 0.29) is 18.1 Å². The van der Waals surface area contributed by atoms with Crippen molar-refractivity contribution in [3.05, 3.63) is 75.5 Å². The van der Waals surface area contributed by atoms with Crippen molar-refractivity contribution in [2.24, 2.45) is 12.1 Å². The average molecular weight is 404 g/mol. The molecule has 3 heterocycles. The van der Waals surface area contributed by atoms with Crippen molar-refractivity contribution >= 4 is 28.9 Å². The zero-order chi connectivity index (χ0) is 21.4. The molecule has 0 N–H and O–H groups in total. The number of hydrogen-bond acceptors (Lipinski definition) is 5. The lowest BCUT2D eigenvalue weighted by Gasteiger charge is -2.28. The Labute approximate surface area is 173 Å². The molecule has 0 aliphatic carbocycles. The van der Waals surface area contributed by atoms with E-state index in [0.717, 1.165) is 11.3 Å². The molecule has 0 bridgehead atoms. The molecule has 1 aliphatic rings. The van der Waals surface area contributed by atoms with Crippen LogP contribution in [0.5, 0.6) is 0 Å². The van der Waals surface area contributed by atoms with Crippen LogP contribution < -0.4 is 16.3 Å². The standard InChI is InChI=1S/C22H24N6O2/c1-5-13-26-20(29)18-19(25(4)22(26)30)23-21-27(24-15(2)16(3)28(18)21)14-9-12-17-10-7-6-8-11-17/h5-12,16H,1,13-14H2,2-4H3/b12-9+/t16-/m1/s1. The summed E-state index contributed by atoms with van der Waals surface area (Å²) in [6.07, 6.45) is 5.56. The van der Waals surface area contributed by atoms with Gasteiger partial charge in [-0.2, -0.15) is 10.1 Å². The Morgan fingerprint density at radius 3 is 2.60 bits per heavy atom. The van der Waals surface area contributed by atoms with Crippen LogP contribution >= 0.6 is 0 Å². The van der Waals surface area contributed by atoms with E-state index in [1.54, 1.807) is 18.1 Å². The maximum absolute atomic E-state index is 13.2. The zero-order valence-corrected chi connectivity index (χ0v) is 17.3. The third-order valence-corrected chi connectivity index (χ3v) is 5.36. The number of benzene rings is 1. The predicted octanol–water partition coefficient (Wildman–Crippen LogP) is 2.55. The van der Waals surface area contributed by atoms with E-state index in [1.807, 2.05) is 60.9 Å². The number of nitrogens with zero attached hydrogens (tertiary/aromatic N) is 6. The topological polar surface area (TPSA) is 77.4 Å². The highest BCUT2D eigenvalue weighted by Gasteiger charge is 2.30. The van der Waals surface area contributed by atoms with E-state index in [1.165, 1.54) is 9.13 Å². The molecule has 0 spiro atoms. The first kappa shape index (κ1) is 19.6. The molecule has 8 nitrogen and oxygen atoms in total. The summed E-state index contributed by atoms with van der Waals surface area (Å²) in [7, 11) is 1.63. The van der Waals surface area contributed by atoms with Crippen LogP contribution in [0.4, 0.5) is 5.95 Å². The quantitative estimate of drug-likeness (QED) is 0.613. The van der Waals surface area contributed by atoms with Crippen molar-refractivity contribution in [1.29, 1.82) is 0 Å². The average Bonchev–Trinajstić information content (AvgIpc) is 3.15. The second-order valence-electron chi connectivity index (χ2n) is 7.31. The lowest BCUT2D eigenvalue weighted by Crippen LogP contribution is -2.40. The molecule has 4 rings (SSSR count). The maximum Gasteiger partial charge on any atom is 0.332 e. The van der Waals surface area contributed by atoms with E-state index < -0.39 is 5.69 Å². The Hall–Kier alpha value is -3.68. The minimum absolute atomic E-state index is 0.146. The summed E-state index contributed by atoms with van der Waals surface area (Å²) in [4.78, 5) is 30.4. The van der Waals surface area contributed by atoms with Gasteiger partial charge < -0.3 is 0 Å². The van der Waals surface area contributed by atoms with Crippen LogP contribution in [0.25, 0.3) is 17.2 Å².